The summed E-state index contributed by atoms with van der Waals surface area (Å²) in [6.45, 7) is 4.51. The monoisotopic (exact) mass is 371 g/mol. The molecule has 27 heavy (non-hydrogen) atoms. The molecule has 0 fully saturated rings. The first-order chi connectivity index (χ1) is 12.7. The van der Waals surface area contributed by atoms with Gasteiger partial charge in [-0.15, -0.1) is 0 Å². The fraction of sp³-hybridized carbons (Fsp3) is 0.333. The summed E-state index contributed by atoms with van der Waals surface area (Å²) >= 11 is 0. The number of aliphatic hydroxyl groups excluding tert-OH is 1. The molecule has 0 bridgehead atoms. The van der Waals surface area contributed by atoms with Gasteiger partial charge in [-0.05, 0) is 31.9 Å². The van der Waals surface area contributed by atoms with Crippen molar-refractivity contribution in [2.75, 3.05) is 6.54 Å². The molecule has 2 aromatic rings. The predicted molar refractivity (Wildman–Crippen MR) is 101 cm³/mol. The minimum absolute atomic E-state index is 0.574. The van der Waals surface area contributed by atoms with Gasteiger partial charge in [0.15, 0.2) is 0 Å². The Balaban J connectivity index is 2.49. The number of carbonyl (C=O) groups is 2. The minimum atomic E-state index is -1.19. The van der Waals surface area contributed by atoms with Crippen LogP contribution in [0.1, 0.15) is 44.0 Å². The Morgan fingerprint density at radius 2 is 1.44 bits per heavy atom. The second-order valence-corrected chi connectivity index (χ2v) is 7.21. The molecule has 0 spiro atoms. The number of rotatable bonds is 6. The molecule has 0 aliphatic heterocycles. The number of amides is 1. The van der Waals surface area contributed by atoms with Crippen LogP contribution >= 0.6 is 0 Å². The maximum atomic E-state index is 12.8. The number of nitrogens with zero attached hydrogens (tertiary/aromatic N) is 1. The summed E-state index contributed by atoms with van der Waals surface area (Å²) in [6.07, 6.45) is -1.92. The summed E-state index contributed by atoms with van der Waals surface area (Å²) in [5, 5.41) is 20.4. The summed E-state index contributed by atoms with van der Waals surface area (Å²) < 4.78 is 5.40. The van der Waals surface area contributed by atoms with Crippen LogP contribution in [0.15, 0.2) is 60.7 Å². The molecule has 0 heterocycles. The number of carbonyl (C=O) groups excluding carboxylic acids is 1. The molecule has 0 aromatic heterocycles. The lowest BCUT2D eigenvalue weighted by molar-refractivity contribution is -0.139. The fourth-order valence-electron chi connectivity index (χ4n) is 2.76. The highest BCUT2D eigenvalue weighted by atomic mass is 16.6. The van der Waals surface area contributed by atoms with Gasteiger partial charge in [-0.3, -0.25) is 9.69 Å². The molecule has 0 aliphatic rings. The highest BCUT2D eigenvalue weighted by Crippen LogP contribution is 2.35. The SMILES string of the molecule is CC(C)(C)OC(=O)N(CC(=O)O)[C@H](c1ccccc1)[C@@H](O)c1ccccc1. The average molecular weight is 371 g/mol. The number of ether oxygens (including phenoxy) is 1. The molecule has 6 nitrogen and oxygen atoms in total. The zero-order valence-corrected chi connectivity index (χ0v) is 15.7. The first kappa shape index (κ1) is 20.5. The first-order valence-corrected chi connectivity index (χ1v) is 8.68. The van der Waals surface area contributed by atoms with Gasteiger partial charge in [0.25, 0.3) is 0 Å². The van der Waals surface area contributed by atoms with Crippen LogP contribution in [0.4, 0.5) is 4.79 Å². The van der Waals surface area contributed by atoms with E-state index in [1.165, 1.54) is 0 Å². The molecular weight excluding hydrogens is 346 g/mol. The van der Waals surface area contributed by atoms with Crippen molar-refractivity contribution in [3.8, 4) is 0 Å². The Labute approximate surface area is 159 Å². The number of carboxylic acids is 1. The predicted octanol–water partition coefficient (Wildman–Crippen LogP) is 3.78. The molecule has 1 amide bonds. The van der Waals surface area contributed by atoms with E-state index < -0.39 is 36.4 Å². The maximum absolute atomic E-state index is 12.8. The van der Waals surface area contributed by atoms with Crippen molar-refractivity contribution in [3.63, 3.8) is 0 Å². The van der Waals surface area contributed by atoms with Crippen molar-refractivity contribution >= 4 is 12.1 Å². The normalized spacial score (nSPS) is 13.5. The quantitative estimate of drug-likeness (QED) is 0.807. The van der Waals surface area contributed by atoms with E-state index in [-0.39, 0.29) is 0 Å². The molecule has 0 radical (unpaired) electrons. The maximum Gasteiger partial charge on any atom is 0.411 e. The van der Waals surface area contributed by atoms with Crippen LogP contribution in [-0.4, -0.2) is 39.3 Å². The fourth-order valence-corrected chi connectivity index (χ4v) is 2.76. The summed E-state index contributed by atoms with van der Waals surface area (Å²) in [5.41, 5.74) is 0.388. The lowest BCUT2D eigenvalue weighted by atomic mass is 9.94. The van der Waals surface area contributed by atoms with Gasteiger partial charge >= 0.3 is 12.1 Å². The van der Waals surface area contributed by atoms with Gasteiger partial charge in [0.05, 0.1) is 6.04 Å². The lowest BCUT2D eigenvalue weighted by Crippen LogP contribution is -2.44. The van der Waals surface area contributed by atoms with E-state index in [9.17, 15) is 19.8 Å². The van der Waals surface area contributed by atoms with Crippen molar-refractivity contribution in [1.29, 1.82) is 0 Å². The van der Waals surface area contributed by atoms with Crippen molar-refractivity contribution < 1.29 is 24.5 Å². The van der Waals surface area contributed by atoms with Gasteiger partial charge in [-0.1, -0.05) is 60.7 Å². The summed E-state index contributed by atoms with van der Waals surface area (Å²) in [7, 11) is 0. The second kappa shape index (κ2) is 8.68. The highest BCUT2D eigenvalue weighted by Gasteiger charge is 2.36. The van der Waals surface area contributed by atoms with Crippen LogP contribution in [0.25, 0.3) is 0 Å². The van der Waals surface area contributed by atoms with Crippen LogP contribution in [0.2, 0.25) is 0 Å². The molecule has 144 valence electrons. The summed E-state index contributed by atoms with van der Waals surface area (Å²) in [6, 6.07) is 16.8. The van der Waals surface area contributed by atoms with Crippen LogP contribution in [0, 0.1) is 0 Å². The van der Waals surface area contributed by atoms with Crippen molar-refractivity contribution in [2.45, 2.75) is 38.5 Å². The third-order valence-electron chi connectivity index (χ3n) is 3.85. The topological polar surface area (TPSA) is 87.1 Å². The van der Waals surface area contributed by atoms with Crippen LogP contribution in [-0.2, 0) is 9.53 Å². The van der Waals surface area contributed by atoms with E-state index in [1.54, 1.807) is 69.3 Å². The molecule has 6 heteroatoms. The molecule has 2 rings (SSSR count). The smallest absolute Gasteiger partial charge is 0.411 e. The van der Waals surface area contributed by atoms with E-state index >= 15 is 0 Å². The standard InChI is InChI=1S/C21H25NO5/c1-21(2,3)27-20(26)22(14-17(23)24)18(15-10-6-4-7-11-15)19(25)16-12-8-5-9-13-16/h4-13,18-19,25H,14H2,1-3H3,(H,23,24)/t18-,19+/m1/s1. The molecule has 2 aromatic carbocycles. The number of hydrogen-bond acceptors (Lipinski definition) is 4. The number of benzene rings is 2. The van der Waals surface area contributed by atoms with E-state index in [1.807, 2.05) is 12.1 Å². The summed E-state index contributed by atoms with van der Waals surface area (Å²) in [4.78, 5) is 25.3. The van der Waals surface area contributed by atoms with Gasteiger partial charge in [-0.25, -0.2) is 4.79 Å². The van der Waals surface area contributed by atoms with Crippen LogP contribution < -0.4 is 0 Å². The zero-order valence-electron chi connectivity index (χ0n) is 15.7. The molecule has 0 aliphatic carbocycles. The van der Waals surface area contributed by atoms with Crippen LogP contribution in [0.5, 0.6) is 0 Å². The molecular formula is C21H25NO5. The van der Waals surface area contributed by atoms with Crippen molar-refractivity contribution in [3.05, 3.63) is 71.8 Å². The molecule has 2 N–H and O–H groups in total. The third-order valence-corrected chi connectivity index (χ3v) is 3.85. The van der Waals surface area contributed by atoms with Crippen LogP contribution in [0.3, 0.4) is 0 Å². The Bertz CT molecular complexity index is 755. The van der Waals surface area contributed by atoms with Crippen molar-refractivity contribution in [2.24, 2.45) is 0 Å². The number of hydrogen-bond donors (Lipinski definition) is 2. The van der Waals surface area contributed by atoms with Gasteiger partial charge in [0, 0.05) is 0 Å². The van der Waals surface area contributed by atoms with E-state index in [0.717, 1.165) is 4.90 Å². The van der Waals surface area contributed by atoms with Crippen molar-refractivity contribution in [1.82, 2.24) is 4.90 Å². The third kappa shape index (κ3) is 5.82. The molecule has 0 saturated heterocycles. The Morgan fingerprint density at radius 1 is 0.963 bits per heavy atom. The minimum Gasteiger partial charge on any atom is -0.480 e. The largest absolute Gasteiger partial charge is 0.480 e. The van der Waals surface area contributed by atoms with E-state index in [2.05, 4.69) is 0 Å². The van der Waals surface area contributed by atoms with E-state index in [4.69, 9.17) is 4.74 Å². The Morgan fingerprint density at radius 3 is 1.89 bits per heavy atom. The van der Waals surface area contributed by atoms with Gasteiger partial charge < -0.3 is 14.9 Å². The number of carboxylic acid groups (broad SMARTS) is 1. The number of aliphatic hydroxyl groups is 1. The number of aliphatic carboxylic acids is 1. The Hall–Kier alpha value is -2.86. The van der Waals surface area contributed by atoms with Gasteiger partial charge in [-0.2, -0.15) is 0 Å². The van der Waals surface area contributed by atoms with E-state index in [0.29, 0.717) is 11.1 Å². The van der Waals surface area contributed by atoms with Gasteiger partial charge in [0.1, 0.15) is 18.2 Å². The second-order valence-electron chi connectivity index (χ2n) is 7.21. The highest BCUT2D eigenvalue weighted by molar-refractivity contribution is 5.77. The zero-order chi connectivity index (χ0) is 20.0. The average Bonchev–Trinajstić information content (AvgIpc) is 2.61. The molecule has 0 saturated carbocycles. The molecule has 2 atom stereocenters. The Kier molecular flexibility index (Phi) is 6.58. The van der Waals surface area contributed by atoms with Gasteiger partial charge in [0.2, 0.25) is 0 Å². The summed E-state index contributed by atoms with van der Waals surface area (Å²) in [5.74, 6) is -1.19. The lowest BCUT2D eigenvalue weighted by Gasteiger charge is -2.35. The molecule has 0 unspecified atom stereocenters. The first-order valence-electron chi connectivity index (χ1n) is 8.68.